The molecule has 2 amide bonds. The average Bonchev–Trinajstić information content (AvgIpc) is 4.00. The number of hydrogen-bond donors (Lipinski definition) is 4. The Kier molecular flexibility index (Phi) is 15.3. The molecule has 6 aromatic rings. The van der Waals surface area contributed by atoms with Gasteiger partial charge in [-0.2, -0.15) is 13.2 Å². The number of nitrogens with one attached hydrogen (secondary N) is 2. The summed E-state index contributed by atoms with van der Waals surface area (Å²) in [6, 6.07) is 25.6. The first-order valence-corrected chi connectivity index (χ1v) is 27.5. The number of aliphatic hydroxyl groups excluding tert-OH is 1. The molecule has 1 atom stereocenters. The Labute approximate surface area is 454 Å². The van der Waals surface area contributed by atoms with E-state index in [1.807, 2.05) is 42.5 Å². The highest BCUT2D eigenvalue weighted by Gasteiger charge is 2.37. The fraction of sp³-hybridized carbons (Fsp3) is 0.377. The zero-order chi connectivity index (χ0) is 54.8. The topological polar surface area (TPSA) is 192 Å². The van der Waals surface area contributed by atoms with E-state index in [4.69, 9.17) is 15.0 Å². The fourth-order valence-corrected chi connectivity index (χ4v) is 12.3. The van der Waals surface area contributed by atoms with Crippen molar-refractivity contribution in [2.45, 2.75) is 89.5 Å². The minimum Gasteiger partial charge on any atom is -0.490 e. The molecule has 79 heavy (non-hydrogen) atoms. The summed E-state index contributed by atoms with van der Waals surface area (Å²) in [4.78, 5) is 48.2. The molecule has 0 saturated carbocycles. The smallest absolute Gasteiger partial charge is 0.416 e. The summed E-state index contributed by atoms with van der Waals surface area (Å²) in [5.74, 6) is -0.0274. The molecule has 5 aliphatic rings. The number of carboxylic acid groups (broad SMARTS) is 1. The molecule has 0 aliphatic carbocycles. The molecule has 18 heteroatoms. The molecule has 11 rings (SSSR count). The predicted octanol–water partition coefficient (Wildman–Crippen LogP) is 8.89. The number of aromatic carboxylic acids is 1. The number of hydrogen-bond acceptors (Lipinski definition) is 9. The van der Waals surface area contributed by atoms with Crippen LogP contribution in [-0.4, -0.2) is 98.0 Å². The number of carbonyl (C=O) groups is 3. The maximum absolute atomic E-state index is 14.4. The third kappa shape index (κ3) is 11.0. The molecule has 0 aromatic heterocycles. The van der Waals surface area contributed by atoms with Crippen LogP contribution >= 0.6 is 0 Å². The molecule has 6 aromatic carbocycles. The van der Waals surface area contributed by atoms with Crippen molar-refractivity contribution in [3.8, 4) is 17.2 Å². The number of rotatable bonds is 17. The standard InChI is InChI=1S/C61H61F3N8O7/c62-61(63,64)50-30-37(18-21-51(50)68-69-65)35-72(53(74)22-23-66-34-42(73)36-78-52-17-7-13-38-10-1-2-14-43(38)52)29-24-67-59(75)41-19-20-44(60(76)77)47(33-41)54-48-31-39-11-3-5-25-70-27-8-15-45(55(39)70)57(48)79-58-46-16-9-28-71-26-6-4-12-40(56(46)71)32-49(54)58/h1-2,7,10,13-14,17-21,30-33,42,66,73H,3-6,8-9,11-12,15-16,22-29,34-36H2,(H-,67,75,76,77)/p+1/t42-/m0/s1. The second-order valence-electron chi connectivity index (χ2n) is 21.1. The van der Waals surface area contributed by atoms with Crippen molar-refractivity contribution in [1.29, 1.82) is 0 Å². The van der Waals surface area contributed by atoms with E-state index >= 15 is 0 Å². The summed E-state index contributed by atoms with van der Waals surface area (Å²) in [5.41, 5.74) is 15.4. The minimum atomic E-state index is -4.86. The van der Waals surface area contributed by atoms with Gasteiger partial charge in [-0.3, -0.25) is 9.59 Å². The Bertz CT molecular complexity index is 3590. The SMILES string of the molecule is [N-]=[N+]=Nc1ccc(CN(CCNC(=O)c2ccc(C(=O)O)c(C3=c4cc5c6c(c4Oc4c3cc3c7c4CCCN7CCCC3)CCC[N+]=6CCCC5)c2)C(=O)CCNC[C@H](O)COc2cccc3ccccc23)cc1C(F)(F)F. The predicted molar refractivity (Wildman–Crippen MR) is 294 cm³/mol. The number of fused-ring (bicyclic) bond motifs is 5. The van der Waals surface area contributed by atoms with Crippen LogP contribution in [0.2, 0.25) is 0 Å². The number of halogens is 3. The zero-order valence-corrected chi connectivity index (χ0v) is 43.8. The molecule has 408 valence electrons. The number of carbonyl (C=O) groups excluding carboxylic acids is 2. The van der Waals surface area contributed by atoms with Gasteiger partial charge in [-0.1, -0.05) is 53.6 Å². The first-order valence-electron chi connectivity index (χ1n) is 27.5. The van der Waals surface area contributed by atoms with Crippen LogP contribution in [-0.2, 0) is 43.2 Å². The molecule has 5 aliphatic heterocycles. The number of nitrogens with zero attached hydrogens (tertiary/aromatic N) is 6. The van der Waals surface area contributed by atoms with Gasteiger partial charge < -0.3 is 40.1 Å². The summed E-state index contributed by atoms with van der Waals surface area (Å²) >= 11 is 0. The van der Waals surface area contributed by atoms with Crippen LogP contribution in [0.15, 0.2) is 96.1 Å². The van der Waals surface area contributed by atoms with Crippen LogP contribution in [0.1, 0.15) is 110 Å². The highest BCUT2D eigenvalue weighted by atomic mass is 19.4. The number of carboxylic acids is 1. The van der Waals surface area contributed by atoms with E-state index in [-0.39, 0.29) is 62.4 Å². The van der Waals surface area contributed by atoms with Crippen LogP contribution in [0.3, 0.4) is 0 Å². The van der Waals surface area contributed by atoms with Crippen molar-refractivity contribution < 1.29 is 47.2 Å². The first-order chi connectivity index (χ1) is 38.3. The fourth-order valence-electron chi connectivity index (χ4n) is 12.3. The van der Waals surface area contributed by atoms with Gasteiger partial charge in [0.15, 0.2) is 0 Å². The zero-order valence-electron chi connectivity index (χ0n) is 43.8. The maximum atomic E-state index is 14.4. The van der Waals surface area contributed by atoms with Gasteiger partial charge in [0.1, 0.15) is 43.0 Å². The number of anilines is 1. The Morgan fingerprint density at radius 1 is 0.848 bits per heavy atom. The number of aryl methyl sites for hydroxylation is 2. The lowest BCUT2D eigenvalue weighted by atomic mass is 9.82. The second kappa shape index (κ2) is 22.8. The number of benzene rings is 6. The Hall–Kier alpha value is -7.92. The van der Waals surface area contributed by atoms with Gasteiger partial charge in [-0.05, 0) is 121 Å². The third-order valence-electron chi connectivity index (χ3n) is 16.0. The van der Waals surface area contributed by atoms with Crippen molar-refractivity contribution in [1.82, 2.24) is 20.1 Å². The molecule has 0 radical (unpaired) electrons. The molecule has 5 heterocycles. The Morgan fingerprint density at radius 3 is 2.49 bits per heavy atom. The van der Waals surface area contributed by atoms with Crippen LogP contribution < -0.4 is 40.2 Å². The van der Waals surface area contributed by atoms with Crippen molar-refractivity contribution in [3.63, 3.8) is 0 Å². The first kappa shape index (κ1) is 53.1. The molecule has 0 saturated heterocycles. The summed E-state index contributed by atoms with van der Waals surface area (Å²) in [5, 5.41) is 34.9. The normalized spacial score (nSPS) is 15.7. The molecule has 15 nitrogen and oxygen atoms in total. The number of alkyl halides is 3. The van der Waals surface area contributed by atoms with Crippen molar-refractivity contribution in [2.24, 2.45) is 5.11 Å². The molecular weight excluding hydrogens is 1010 g/mol. The lowest BCUT2D eigenvalue weighted by molar-refractivity contribution is -0.137. The van der Waals surface area contributed by atoms with Crippen molar-refractivity contribution in [2.75, 3.05) is 63.9 Å². The van der Waals surface area contributed by atoms with E-state index in [9.17, 15) is 37.8 Å². The maximum Gasteiger partial charge on any atom is 0.416 e. The Morgan fingerprint density at radius 2 is 1.65 bits per heavy atom. The van der Waals surface area contributed by atoms with Gasteiger partial charge in [0.2, 0.25) is 11.3 Å². The van der Waals surface area contributed by atoms with E-state index in [1.165, 1.54) is 45.3 Å². The molecule has 0 bridgehead atoms. The third-order valence-corrected chi connectivity index (χ3v) is 16.0. The highest BCUT2D eigenvalue weighted by molar-refractivity contribution is 6.03. The molecule has 0 spiro atoms. The quantitative estimate of drug-likeness (QED) is 0.0227. The van der Waals surface area contributed by atoms with Crippen LogP contribution in [0, 0.1) is 0 Å². The van der Waals surface area contributed by atoms with Gasteiger partial charge in [0, 0.05) is 120 Å². The minimum absolute atomic E-state index is 0.0217. The van der Waals surface area contributed by atoms with Gasteiger partial charge in [0.05, 0.1) is 16.7 Å². The van der Waals surface area contributed by atoms with Crippen LogP contribution in [0.25, 0.3) is 26.8 Å². The van der Waals surface area contributed by atoms with Crippen molar-refractivity contribution in [3.05, 3.63) is 168 Å². The number of azide groups is 1. The summed E-state index contributed by atoms with van der Waals surface area (Å²) in [7, 11) is 0. The van der Waals surface area contributed by atoms with Gasteiger partial charge in [-0.15, -0.1) is 0 Å². The van der Waals surface area contributed by atoms with E-state index < -0.39 is 41.3 Å². The van der Waals surface area contributed by atoms with E-state index in [0.29, 0.717) is 16.9 Å². The van der Waals surface area contributed by atoms with E-state index in [2.05, 4.69) is 42.3 Å². The molecule has 0 fully saturated rings. The number of amides is 2. The lowest BCUT2D eigenvalue weighted by Gasteiger charge is -2.35. The van der Waals surface area contributed by atoms with Gasteiger partial charge in [0.25, 0.3) is 5.91 Å². The van der Waals surface area contributed by atoms with Crippen molar-refractivity contribution >= 4 is 45.5 Å². The van der Waals surface area contributed by atoms with Gasteiger partial charge >= 0.3 is 12.1 Å². The van der Waals surface area contributed by atoms with E-state index in [1.54, 1.807) is 6.07 Å². The summed E-state index contributed by atoms with van der Waals surface area (Å²) < 4.78 is 58.4. The number of ether oxygens (including phenoxy) is 2. The number of aliphatic hydroxyl groups is 1. The summed E-state index contributed by atoms with van der Waals surface area (Å²) in [6.07, 6.45) is 3.56. The molecule has 0 unspecified atom stereocenters. The van der Waals surface area contributed by atoms with E-state index in [0.717, 1.165) is 147 Å². The molecular formula is C61H62F3N8O7+. The average molecular weight is 1080 g/mol. The van der Waals surface area contributed by atoms with Crippen LogP contribution in [0.4, 0.5) is 24.5 Å². The molecule has 4 N–H and O–H groups in total. The van der Waals surface area contributed by atoms with Crippen LogP contribution in [0.5, 0.6) is 17.2 Å². The second-order valence-corrected chi connectivity index (χ2v) is 21.1. The van der Waals surface area contributed by atoms with Gasteiger partial charge in [-0.25, -0.2) is 9.37 Å². The monoisotopic (exact) mass is 1080 g/mol. The Balaban J connectivity index is 0.877. The lowest BCUT2D eigenvalue weighted by Crippen LogP contribution is -2.41. The highest BCUT2D eigenvalue weighted by Crippen LogP contribution is 2.49. The largest absolute Gasteiger partial charge is 0.490 e. The summed E-state index contributed by atoms with van der Waals surface area (Å²) in [6.45, 7) is 3.51.